The van der Waals surface area contributed by atoms with Gasteiger partial charge in [0.15, 0.2) is 0 Å². The van der Waals surface area contributed by atoms with Gasteiger partial charge in [-0.05, 0) is 36.1 Å². The number of amides is 1. The van der Waals surface area contributed by atoms with Gasteiger partial charge in [-0.15, -0.1) is 11.3 Å². The monoisotopic (exact) mass is 338 g/mol. The van der Waals surface area contributed by atoms with Crippen LogP contribution in [0.1, 0.15) is 20.8 Å². The summed E-state index contributed by atoms with van der Waals surface area (Å²) in [5.41, 5.74) is 3.69. The number of rotatable bonds is 3. The number of phenols is 1. The van der Waals surface area contributed by atoms with Crippen molar-refractivity contribution in [3.8, 4) is 5.75 Å². The second-order valence-corrected chi connectivity index (χ2v) is 5.70. The maximum absolute atomic E-state index is 11.6. The molecular weight excluding hydrogens is 328 g/mol. The highest BCUT2D eigenvalue weighted by Crippen LogP contribution is 2.25. The summed E-state index contributed by atoms with van der Waals surface area (Å²) in [6, 6.07) is 7.04. The average Bonchev–Trinajstić information content (AvgIpc) is 2.88. The lowest BCUT2D eigenvalue weighted by Gasteiger charge is -2.03. The van der Waals surface area contributed by atoms with Crippen LogP contribution in [0.4, 0.5) is 0 Å². The standard InChI is InChI=1S/C13H11BrN2O2S/c1-8-5-10(14)6-9(12(8)17)7-15-16-13(18)11-3-2-4-19-11/h2-7,17H,1H3,(H,16,18). The molecule has 1 heterocycles. The number of thiophene rings is 1. The zero-order valence-corrected chi connectivity index (χ0v) is 12.5. The third kappa shape index (κ3) is 3.42. The minimum Gasteiger partial charge on any atom is -0.507 e. The number of hydrogen-bond donors (Lipinski definition) is 2. The third-order valence-corrected chi connectivity index (χ3v) is 3.74. The molecule has 0 bridgehead atoms. The number of aryl methyl sites for hydroxylation is 1. The lowest BCUT2D eigenvalue weighted by atomic mass is 10.1. The summed E-state index contributed by atoms with van der Waals surface area (Å²) in [6.07, 6.45) is 1.42. The predicted molar refractivity (Wildman–Crippen MR) is 79.9 cm³/mol. The van der Waals surface area contributed by atoms with Crippen LogP contribution in [0.15, 0.2) is 39.2 Å². The van der Waals surface area contributed by atoms with E-state index >= 15 is 0 Å². The quantitative estimate of drug-likeness (QED) is 0.666. The van der Waals surface area contributed by atoms with Gasteiger partial charge in [0.05, 0.1) is 11.1 Å². The third-order valence-electron chi connectivity index (χ3n) is 2.41. The molecule has 1 aromatic carbocycles. The Balaban J connectivity index is 2.09. The summed E-state index contributed by atoms with van der Waals surface area (Å²) < 4.78 is 0.842. The Morgan fingerprint density at radius 2 is 2.32 bits per heavy atom. The molecule has 6 heteroatoms. The van der Waals surface area contributed by atoms with Crippen LogP contribution in [0.5, 0.6) is 5.75 Å². The zero-order chi connectivity index (χ0) is 13.8. The van der Waals surface area contributed by atoms with E-state index in [-0.39, 0.29) is 11.7 Å². The smallest absolute Gasteiger partial charge is 0.281 e. The molecule has 0 unspecified atom stereocenters. The molecular formula is C13H11BrN2O2S. The first-order chi connectivity index (χ1) is 9.08. The zero-order valence-electron chi connectivity index (χ0n) is 10.1. The number of halogens is 1. The molecule has 0 aliphatic heterocycles. The van der Waals surface area contributed by atoms with Crippen LogP contribution in [0, 0.1) is 6.92 Å². The van der Waals surface area contributed by atoms with Crippen molar-refractivity contribution >= 4 is 39.4 Å². The summed E-state index contributed by atoms with van der Waals surface area (Å²) in [5, 5.41) is 15.5. The molecule has 0 aliphatic rings. The van der Waals surface area contributed by atoms with Crippen molar-refractivity contribution in [1.29, 1.82) is 0 Å². The van der Waals surface area contributed by atoms with Crippen LogP contribution in [-0.2, 0) is 0 Å². The lowest BCUT2D eigenvalue weighted by Crippen LogP contribution is -2.16. The van der Waals surface area contributed by atoms with Gasteiger partial charge in [0, 0.05) is 10.0 Å². The van der Waals surface area contributed by atoms with Crippen molar-refractivity contribution in [3.63, 3.8) is 0 Å². The summed E-state index contributed by atoms with van der Waals surface area (Å²) in [6.45, 7) is 1.79. The molecule has 2 N–H and O–H groups in total. The highest BCUT2D eigenvalue weighted by atomic mass is 79.9. The van der Waals surface area contributed by atoms with Gasteiger partial charge in [0.1, 0.15) is 5.75 Å². The van der Waals surface area contributed by atoms with E-state index in [0.717, 1.165) is 10.0 Å². The molecule has 98 valence electrons. The number of nitrogens with zero attached hydrogens (tertiary/aromatic N) is 1. The molecule has 4 nitrogen and oxygen atoms in total. The number of nitrogens with one attached hydrogen (secondary N) is 1. The summed E-state index contributed by atoms with van der Waals surface area (Å²) in [5.74, 6) is -0.116. The number of carbonyl (C=O) groups excluding carboxylic acids is 1. The van der Waals surface area contributed by atoms with Crippen molar-refractivity contribution in [2.45, 2.75) is 6.92 Å². The molecule has 0 radical (unpaired) electrons. The van der Waals surface area contributed by atoms with E-state index in [4.69, 9.17) is 0 Å². The van der Waals surface area contributed by atoms with Gasteiger partial charge in [-0.3, -0.25) is 4.79 Å². The van der Waals surface area contributed by atoms with Crippen molar-refractivity contribution in [2.75, 3.05) is 0 Å². The van der Waals surface area contributed by atoms with Gasteiger partial charge < -0.3 is 5.11 Å². The van der Waals surface area contributed by atoms with E-state index in [0.29, 0.717) is 10.4 Å². The second kappa shape index (κ2) is 5.99. The molecule has 0 fully saturated rings. The fourth-order valence-corrected chi connectivity index (χ4v) is 2.69. The van der Waals surface area contributed by atoms with E-state index in [2.05, 4.69) is 26.5 Å². The number of hydrogen-bond acceptors (Lipinski definition) is 4. The van der Waals surface area contributed by atoms with Gasteiger partial charge >= 0.3 is 0 Å². The molecule has 0 saturated heterocycles. The first-order valence-corrected chi connectivity index (χ1v) is 7.11. The lowest BCUT2D eigenvalue weighted by molar-refractivity contribution is 0.0959. The highest BCUT2D eigenvalue weighted by Gasteiger charge is 2.06. The molecule has 1 aromatic heterocycles. The van der Waals surface area contributed by atoms with Gasteiger partial charge in [0.25, 0.3) is 5.91 Å². The van der Waals surface area contributed by atoms with Crippen molar-refractivity contribution in [2.24, 2.45) is 5.10 Å². The summed E-state index contributed by atoms with van der Waals surface area (Å²) in [7, 11) is 0. The normalized spacial score (nSPS) is 10.8. The molecule has 1 amide bonds. The molecule has 2 aromatic rings. The maximum Gasteiger partial charge on any atom is 0.281 e. The molecule has 19 heavy (non-hydrogen) atoms. The Bertz CT molecular complexity index is 624. The Labute approximate surface area is 122 Å². The SMILES string of the molecule is Cc1cc(Br)cc(C=NNC(=O)c2cccs2)c1O. The number of carbonyl (C=O) groups is 1. The first kappa shape index (κ1) is 13.8. The van der Waals surface area contributed by atoms with Crippen molar-refractivity contribution < 1.29 is 9.90 Å². The van der Waals surface area contributed by atoms with Gasteiger partial charge in [-0.25, -0.2) is 5.43 Å². The molecule has 0 spiro atoms. The van der Waals surface area contributed by atoms with Gasteiger partial charge in [-0.2, -0.15) is 5.10 Å². The van der Waals surface area contributed by atoms with E-state index in [1.165, 1.54) is 17.6 Å². The van der Waals surface area contributed by atoms with E-state index in [1.807, 2.05) is 5.38 Å². The highest BCUT2D eigenvalue weighted by molar-refractivity contribution is 9.10. The molecule has 0 atom stereocenters. The van der Waals surface area contributed by atoms with Crippen LogP contribution < -0.4 is 5.43 Å². The fraction of sp³-hybridized carbons (Fsp3) is 0.0769. The second-order valence-electron chi connectivity index (χ2n) is 3.84. The Hall–Kier alpha value is -1.66. The Morgan fingerprint density at radius 3 is 3.00 bits per heavy atom. The first-order valence-electron chi connectivity index (χ1n) is 5.44. The Morgan fingerprint density at radius 1 is 1.53 bits per heavy atom. The van der Waals surface area contributed by atoms with Crippen LogP contribution in [-0.4, -0.2) is 17.2 Å². The van der Waals surface area contributed by atoms with Crippen molar-refractivity contribution in [1.82, 2.24) is 5.43 Å². The average molecular weight is 339 g/mol. The number of hydrazone groups is 1. The fourth-order valence-electron chi connectivity index (χ4n) is 1.48. The molecule has 0 aliphatic carbocycles. The molecule has 2 rings (SSSR count). The largest absolute Gasteiger partial charge is 0.507 e. The number of aromatic hydroxyl groups is 1. The summed E-state index contributed by atoms with van der Waals surface area (Å²) in [4.78, 5) is 12.2. The van der Waals surface area contributed by atoms with Crippen LogP contribution in [0.2, 0.25) is 0 Å². The summed E-state index contributed by atoms with van der Waals surface area (Å²) >= 11 is 4.68. The van der Waals surface area contributed by atoms with Crippen molar-refractivity contribution in [3.05, 3.63) is 50.1 Å². The number of benzene rings is 1. The van der Waals surface area contributed by atoms with Gasteiger partial charge in [-0.1, -0.05) is 22.0 Å². The van der Waals surface area contributed by atoms with E-state index in [9.17, 15) is 9.90 Å². The van der Waals surface area contributed by atoms with Crippen LogP contribution in [0.3, 0.4) is 0 Å². The molecule has 0 saturated carbocycles. The topological polar surface area (TPSA) is 61.7 Å². The predicted octanol–water partition coefficient (Wildman–Crippen LogP) is 3.29. The Kier molecular flexibility index (Phi) is 4.34. The number of phenolic OH excluding ortho intramolecular Hbond substituents is 1. The minimum atomic E-state index is -0.266. The van der Waals surface area contributed by atoms with Crippen LogP contribution in [0.25, 0.3) is 0 Å². The van der Waals surface area contributed by atoms with E-state index < -0.39 is 0 Å². The minimum absolute atomic E-state index is 0.150. The van der Waals surface area contributed by atoms with Gasteiger partial charge in [0.2, 0.25) is 0 Å². The van der Waals surface area contributed by atoms with Crippen LogP contribution >= 0.6 is 27.3 Å². The van der Waals surface area contributed by atoms with E-state index in [1.54, 1.807) is 31.2 Å². The maximum atomic E-state index is 11.6.